The monoisotopic (exact) mass is 652 g/mol. The number of aliphatic hydroxyl groups is 1. The topological polar surface area (TPSA) is 131 Å². The van der Waals surface area contributed by atoms with Gasteiger partial charge >= 0.3 is 12.3 Å². The van der Waals surface area contributed by atoms with E-state index >= 15 is 0 Å². The van der Waals surface area contributed by atoms with Gasteiger partial charge in [0.25, 0.3) is 0 Å². The number of aryl methyl sites for hydroxylation is 1. The first-order valence-electron chi connectivity index (χ1n) is 14.8. The van der Waals surface area contributed by atoms with E-state index in [1.54, 1.807) is 41.5 Å². The number of thiazole rings is 1. The van der Waals surface area contributed by atoms with Crippen LogP contribution in [-0.4, -0.2) is 93.1 Å². The van der Waals surface area contributed by atoms with Crippen molar-refractivity contribution in [3.63, 3.8) is 0 Å². The van der Waals surface area contributed by atoms with Gasteiger partial charge in [0.05, 0.1) is 40.2 Å². The Balaban J connectivity index is 1.48. The molecule has 2 fully saturated rings. The fourth-order valence-electron chi connectivity index (χ4n) is 5.74. The third kappa shape index (κ3) is 7.94. The van der Waals surface area contributed by atoms with E-state index in [0.29, 0.717) is 28.5 Å². The van der Waals surface area contributed by atoms with Gasteiger partial charge < -0.3 is 34.9 Å². The molecule has 0 bridgehead atoms. The molecule has 45 heavy (non-hydrogen) atoms. The van der Waals surface area contributed by atoms with Crippen molar-refractivity contribution in [3.8, 4) is 10.6 Å². The number of benzene rings is 1. The quantitative estimate of drug-likeness (QED) is 0.269. The molecular weight excluding hydrogens is 613 g/mol. The number of hydrogen-bond acceptors (Lipinski definition) is 11. The molecule has 1 aliphatic heterocycles. The number of anilines is 2. The van der Waals surface area contributed by atoms with Gasteiger partial charge in [0.2, 0.25) is 5.95 Å². The van der Waals surface area contributed by atoms with E-state index in [1.165, 1.54) is 16.2 Å². The lowest BCUT2D eigenvalue weighted by atomic mass is 10.0. The van der Waals surface area contributed by atoms with Crippen molar-refractivity contribution < 1.29 is 37.3 Å². The standard InChI is InChI=1S/C30H39F3N6O5S/c1-16-21(25-37-18-9-7-8-10-20(18)45-25)24(38-26(35-16)34-15-30(31,32)33)36-19-13-17(22-23(19)43-29(5,6)42-22)14-39(11-12-40)27(41)44-28(2,3)4/h7-10,17,19,22-23,40H,11-15H2,1-6H3,(H2,34,35,36,38)/t17-,19-,22-,23+/m1/s1. The molecule has 1 saturated carbocycles. The van der Waals surface area contributed by atoms with Gasteiger partial charge in [0.1, 0.15) is 29.1 Å². The third-order valence-electron chi connectivity index (χ3n) is 7.42. The summed E-state index contributed by atoms with van der Waals surface area (Å²) in [6.45, 7) is 9.41. The minimum absolute atomic E-state index is 0.0756. The summed E-state index contributed by atoms with van der Waals surface area (Å²) < 4.78 is 58.4. The van der Waals surface area contributed by atoms with Crippen LogP contribution in [0.3, 0.4) is 0 Å². The number of carbonyl (C=O) groups is 1. The lowest BCUT2D eigenvalue weighted by molar-refractivity contribution is -0.157. The van der Waals surface area contributed by atoms with E-state index in [4.69, 9.17) is 19.2 Å². The molecule has 3 N–H and O–H groups in total. The number of nitrogens with zero attached hydrogens (tertiary/aromatic N) is 4. The van der Waals surface area contributed by atoms with E-state index in [1.807, 2.05) is 24.3 Å². The Labute approximate surface area is 263 Å². The zero-order valence-electron chi connectivity index (χ0n) is 26.1. The highest BCUT2D eigenvalue weighted by Gasteiger charge is 2.54. The second-order valence-corrected chi connectivity index (χ2v) is 13.8. The average Bonchev–Trinajstić information content (AvgIpc) is 3.57. The molecule has 246 valence electrons. The maximum Gasteiger partial charge on any atom is 0.410 e. The Hall–Kier alpha value is -3.27. The SMILES string of the molecule is Cc1nc(NCC(F)(F)F)nc(N[C@@H]2C[C@H](CN(CCO)C(=O)OC(C)(C)C)[C@H]3OC(C)(C)O[C@H]32)c1-c1nc2ccccc2s1. The van der Waals surface area contributed by atoms with E-state index in [9.17, 15) is 23.1 Å². The van der Waals surface area contributed by atoms with Gasteiger partial charge in [-0.3, -0.25) is 0 Å². The van der Waals surface area contributed by atoms with E-state index in [0.717, 1.165) is 10.2 Å². The fourth-order valence-corrected chi connectivity index (χ4v) is 6.80. The van der Waals surface area contributed by atoms with Crippen LogP contribution in [0.1, 0.15) is 46.7 Å². The van der Waals surface area contributed by atoms with Gasteiger partial charge in [-0.2, -0.15) is 18.2 Å². The number of hydrogen-bond donors (Lipinski definition) is 3. The Morgan fingerprint density at radius 3 is 2.53 bits per heavy atom. The lowest BCUT2D eigenvalue weighted by Crippen LogP contribution is -2.43. The lowest BCUT2D eigenvalue weighted by Gasteiger charge is -2.30. The summed E-state index contributed by atoms with van der Waals surface area (Å²) in [4.78, 5) is 28.1. The molecule has 1 saturated heterocycles. The summed E-state index contributed by atoms with van der Waals surface area (Å²) >= 11 is 1.43. The normalized spacial score (nSPS) is 22.8. The molecule has 5 rings (SSSR count). The summed E-state index contributed by atoms with van der Waals surface area (Å²) in [6.07, 6.45) is -5.42. The Bertz CT molecular complexity index is 1490. The number of carbonyl (C=O) groups excluding carboxylic acids is 1. The maximum atomic E-state index is 13.1. The average molecular weight is 653 g/mol. The molecule has 0 unspecified atom stereocenters. The molecule has 2 aliphatic rings. The second-order valence-electron chi connectivity index (χ2n) is 12.8. The van der Waals surface area contributed by atoms with Crippen LogP contribution in [0.2, 0.25) is 0 Å². The van der Waals surface area contributed by atoms with Crippen molar-refractivity contribution in [1.82, 2.24) is 19.9 Å². The van der Waals surface area contributed by atoms with Gasteiger partial charge in [-0.1, -0.05) is 12.1 Å². The van der Waals surface area contributed by atoms with Crippen LogP contribution >= 0.6 is 11.3 Å². The van der Waals surface area contributed by atoms with Gasteiger partial charge in [-0.15, -0.1) is 11.3 Å². The van der Waals surface area contributed by atoms with Crippen molar-refractivity contribution >= 4 is 39.4 Å². The zero-order chi connectivity index (χ0) is 32.7. The van der Waals surface area contributed by atoms with Crippen LogP contribution in [0, 0.1) is 12.8 Å². The number of aromatic nitrogens is 3. The minimum Gasteiger partial charge on any atom is -0.444 e. The molecule has 1 aliphatic carbocycles. The number of nitrogens with one attached hydrogen (secondary N) is 2. The van der Waals surface area contributed by atoms with Crippen molar-refractivity contribution in [2.24, 2.45) is 5.92 Å². The number of alkyl halides is 3. The summed E-state index contributed by atoms with van der Waals surface area (Å²) in [5, 5.41) is 16.1. The Morgan fingerprint density at radius 1 is 1.16 bits per heavy atom. The number of amides is 1. The van der Waals surface area contributed by atoms with Gasteiger partial charge in [-0.05, 0) is 60.1 Å². The summed E-state index contributed by atoms with van der Waals surface area (Å²) in [5.41, 5.74) is 1.08. The van der Waals surface area contributed by atoms with Crippen LogP contribution in [0.5, 0.6) is 0 Å². The van der Waals surface area contributed by atoms with Crippen LogP contribution in [0.25, 0.3) is 20.8 Å². The third-order valence-corrected chi connectivity index (χ3v) is 8.48. The maximum absolute atomic E-state index is 13.1. The van der Waals surface area contributed by atoms with Gasteiger partial charge in [-0.25, -0.2) is 14.8 Å². The van der Waals surface area contributed by atoms with Gasteiger partial charge in [0, 0.05) is 19.0 Å². The molecule has 0 spiro atoms. The van der Waals surface area contributed by atoms with E-state index in [2.05, 4.69) is 20.6 Å². The molecule has 0 radical (unpaired) electrons. The summed E-state index contributed by atoms with van der Waals surface area (Å²) in [6, 6.07) is 7.23. The van der Waals surface area contributed by atoms with Crippen molar-refractivity contribution in [2.45, 2.75) is 83.8 Å². The number of ether oxygens (including phenoxy) is 3. The number of rotatable bonds is 9. The predicted molar refractivity (Wildman–Crippen MR) is 164 cm³/mol. The molecule has 1 aromatic carbocycles. The van der Waals surface area contributed by atoms with Crippen molar-refractivity contribution in [2.75, 3.05) is 36.9 Å². The van der Waals surface area contributed by atoms with Crippen molar-refractivity contribution in [3.05, 3.63) is 30.0 Å². The fraction of sp³-hybridized carbons (Fsp3) is 0.600. The highest BCUT2D eigenvalue weighted by molar-refractivity contribution is 7.21. The van der Waals surface area contributed by atoms with Gasteiger partial charge in [0.15, 0.2) is 5.79 Å². The van der Waals surface area contributed by atoms with Crippen LogP contribution in [0.15, 0.2) is 24.3 Å². The van der Waals surface area contributed by atoms with Crippen LogP contribution in [-0.2, 0) is 14.2 Å². The van der Waals surface area contributed by atoms with Crippen molar-refractivity contribution in [1.29, 1.82) is 0 Å². The molecule has 3 aromatic rings. The Morgan fingerprint density at radius 2 is 1.87 bits per heavy atom. The second kappa shape index (κ2) is 12.5. The van der Waals surface area contributed by atoms with Crippen LogP contribution in [0.4, 0.5) is 29.7 Å². The first kappa shape index (κ1) is 33.1. The molecular formula is C30H39F3N6O5S. The summed E-state index contributed by atoms with van der Waals surface area (Å²) in [5.74, 6) is -1.00. The smallest absolute Gasteiger partial charge is 0.410 e. The molecule has 2 aromatic heterocycles. The van der Waals surface area contributed by atoms with E-state index in [-0.39, 0.29) is 31.6 Å². The Kier molecular flexibility index (Phi) is 9.19. The minimum atomic E-state index is -4.46. The number of para-hydroxylation sites is 1. The molecule has 3 heterocycles. The largest absolute Gasteiger partial charge is 0.444 e. The predicted octanol–water partition coefficient (Wildman–Crippen LogP) is 5.59. The van der Waals surface area contributed by atoms with E-state index < -0.39 is 48.5 Å². The molecule has 11 nitrogen and oxygen atoms in total. The molecule has 1 amide bonds. The van der Waals surface area contributed by atoms with Crippen LogP contribution < -0.4 is 10.6 Å². The highest BCUT2D eigenvalue weighted by atomic mass is 32.1. The summed E-state index contributed by atoms with van der Waals surface area (Å²) in [7, 11) is 0. The molecule has 4 atom stereocenters. The highest BCUT2D eigenvalue weighted by Crippen LogP contribution is 2.44. The molecule has 15 heteroatoms. The number of fused-ring (bicyclic) bond motifs is 2. The first-order chi connectivity index (χ1) is 21.0. The number of aliphatic hydroxyl groups excluding tert-OH is 1. The zero-order valence-corrected chi connectivity index (χ0v) is 26.9. The first-order valence-corrected chi connectivity index (χ1v) is 15.6. The number of halogens is 3.